The second-order valence-electron chi connectivity index (χ2n) is 8.10. The number of ether oxygens (including phenoxy) is 3. The van der Waals surface area contributed by atoms with Crippen molar-refractivity contribution in [2.24, 2.45) is 0 Å². The average molecular weight is 436 g/mol. The monoisotopic (exact) mass is 436 g/mol. The van der Waals surface area contributed by atoms with Gasteiger partial charge in [-0.1, -0.05) is 13.8 Å². The molecule has 6 rings (SSSR count). The van der Waals surface area contributed by atoms with Gasteiger partial charge in [-0.3, -0.25) is 9.88 Å². The Labute approximate surface area is 182 Å². The number of pyridine rings is 1. The first kappa shape index (κ1) is 18.4. The molecule has 158 valence electrons. The molecule has 1 spiro atoms. The molecule has 1 unspecified atom stereocenters. The quantitative estimate of drug-likeness (QED) is 0.673. The zero-order valence-electron chi connectivity index (χ0n) is 17.0. The first-order chi connectivity index (χ1) is 15.0. The number of fused-ring (bicyclic) bond motifs is 5. The molecule has 3 aliphatic rings. The van der Waals surface area contributed by atoms with Crippen molar-refractivity contribution >= 4 is 23.1 Å². The van der Waals surface area contributed by atoms with E-state index in [9.17, 15) is 4.79 Å². The van der Waals surface area contributed by atoms with E-state index in [2.05, 4.69) is 29.1 Å². The summed E-state index contributed by atoms with van der Waals surface area (Å²) in [6.07, 6.45) is 3.59. The number of carbonyl (C=O) groups is 1. The Hall–Kier alpha value is -3.33. The molecule has 2 amide bonds. The molecule has 3 aromatic rings. The number of amides is 2. The van der Waals surface area contributed by atoms with Crippen LogP contribution in [0.5, 0.6) is 17.2 Å². The molecule has 0 saturated heterocycles. The maximum Gasteiger partial charge on any atom is 0.323 e. The van der Waals surface area contributed by atoms with Gasteiger partial charge in [0.15, 0.2) is 11.5 Å². The first-order valence-corrected chi connectivity index (χ1v) is 10.9. The van der Waals surface area contributed by atoms with Crippen molar-refractivity contribution in [3.63, 3.8) is 0 Å². The van der Waals surface area contributed by atoms with Crippen LogP contribution >= 0.6 is 11.3 Å². The van der Waals surface area contributed by atoms with Crippen LogP contribution in [0.4, 0.5) is 10.5 Å². The summed E-state index contributed by atoms with van der Waals surface area (Å²) in [6.45, 7) is 5.09. The van der Waals surface area contributed by atoms with Gasteiger partial charge in [0.25, 0.3) is 0 Å². The summed E-state index contributed by atoms with van der Waals surface area (Å²) in [5, 5.41) is 4.24. The van der Waals surface area contributed by atoms with E-state index in [0.717, 1.165) is 26.8 Å². The lowest BCUT2D eigenvalue weighted by Crippen LogP contribution is -2.58. The summed E-state index contributed by atoms with van der Waals surface area (Å²) in [4.78, 5) is 25.3. The number of anilines is 1. The lowest BCUT2D eigenvalue weighted by Gasteiger charge is -2.39. The van der Waals surface area contributed by atoms with Gasteiger partial charge < -0.3 is 19.5 Å². The van der Waals surface area contributed by atoms with Gasteiger partial charge in [-0.25, -0.2) is 9.78 Å². The van der Waals surface area contributed by atoms with Crippen LogP contribution in [0.15, 0.2) is 36.7 Å². The minimum absolute atomic E-state index is 0.174. The van der Waals surface area contributed by atoms with Crippen molar-refractivity contribution in [2.75, 3.05) is 18.3 Å². The highest BCUT2D eigenvalue weighted by molar-refractivity contribution is 7.11. The zero-order valence-corrected chi connectivity index (χ0v) is 17.9. The number of aromatic nitrogens is 2. The van der Waals surface area contributed by atoms with Crippen molar-refractivity contribution in [1.29, 1.82) is 0 Å². The number of thiazole rings is 1. The summed E-state index contributed by atoms with van der Waals surface area (Å²) < 4.78 is 17.0. The molecule has 0 fully saturated rings. The molecule has 3 aliphatic heterocycles. The third-order valence-electron chi connectivity index (χ3n) is 5.80. The Balaban J connectivity index is 1.43. The summed E-state index contributed by atoms with van der Waals surface area (Å²) in [7, 11) is 0. The molecule has 5 heterocycles. The van der Waals surface area contributed by atoms with Crippen molar-refractivity contribution in [2.45, 2.75) is 31.8 Å². The molecular weight excluding hydrogens is 416 g/mol. The third kappa shape index (κ3) is 2.69. The van der Waals surface area contributed by atoms with E-state index in [1.807, 2.05) is 30.5 Å². The van der Waals surface area contributed by atoms with E-state index in [4.69, 9.17) is 14.2 Å². The Bertz CT molecular complexity index is 1210. The van der Waals surface area contributed by atoms with Crippen LogP contribution in [0, 0.1) is 0 Å². The zero-order chi connectivity index (χ0) is 21.2. The number of urea groups is 1. The van der Waals surface area contributed by atoms with Crippen molar-refractivity contribution in [3.8, 4) is 17.2 Å². The van der Waals surface area contributed by atoms with Gasteiger partial charge >= 0.3 is 6.03 Å². The second kappa shape index (κ2) is 6.58. The van der Waals surface area contributed by atoms with E-state index in [-0.39, 0.29) is 19.4 Å². The highest BCUT2D eigenvalue weighted by Crippen LogP contribution is 2.50. The second-order valence-corrected chi connectivity index (χ2v) is 9.25. The summed E-state index contributed by atoms with van der Waals surface area (Å²) >= 11 is 1.63. The van der Waals surface area contributed by atoms with Crippen LogP contribution in [0.2, 0.25) is 0 Å². The molecule has 0 aliphatic carbocycles. The van der Waals surface area contributed by atoms with Crippen molar-refractivity contribution in [3.05, 3.63) is 57.8 Å². The average Bonchev–Trinajstić information content (AvgIpc) is 3.49. The van der Waals surface area contributed by atoms with Crippen molar-refractivity contribution in [1.82, 2.24) is 15.3 Å². The van der Waals surface area contributed by atoms with Gasteiger partial charge in [0.2, 0.25) is 6.79 Å². The summed E-state index contributed by atoms with van der Waals surface area (Å²) in [6, 6.07) is 7.28. The largest absolute Gasteiger partial charge is 0.490 e. The fourth-order valence-corrected chi connectivity index (χ4v) is 5.19. The Kier molecular flexibility index (Phi) is 3.92. The number of rotatable bonds is 3. The Morgan fingerprint density at radius 1 is 1.19 bits per heavy atom. The van der Waals surface area contributed by atoms with E-state index in [1.165, 1.54) is 0 Å². The molecule has 31 heavy (non-hydrogen) atoms. The lowest BCUT2D eigenvalue weighted by atomic mass is 9.85. The number of carbonyl (C=O) groups excluding carboxylic acids is 1. The fourth-order valence-electron chi connectivity index (χ4n) is 4.28. The SMILES string of the molecule is CC(C)c1ncc(CN2C(=O)NC3(COc4cc5c(cc43)OCO5)c3ncccc32)s1. The van der Waals surface area contributed by atoms with Crippen LogP contribution in [0.25, 0.3) is 0 Å². The van der Waals surface area contributed by atoms with Crippen LogP contribution < -0.4 is 24.4 Å². The minimum atomic E-state index is -0.878. The number of benzene rings is 1. The maximum absolute atomic E-state index is 13.4. The van der Waals surface area contributed by atoms with E-state index in [1.54, 1.807) is 22.4 Å². The van der Waals surface area contributed by atoms with Crippen LogP contribution in [-0.4, -0.2) is 29.4 Å². The Morgan fingerprint density at radius 3 is 2.84 bits per heavy atom. The van der Waals surface area contributed by atoms with Gasteiger partial charge in [0.1, 0.15) is 17.9 Å². The minimum Gasteiger partial charge on any atom is -0.490 e. The van der Waals surface area contributed by atoms with Crippen LogP contribution in [0.1, 0.15) is 40.9 Å². The topological polar surface area (TPSA) is 85.8 Å². The number of hydrogen-bond donors (Lipinski definition) is 1. The van der Waals surface area contributed by atoms with E-state index in [0.29, 0.717) is 29.7 Å². The molecule has 0 bridgehead atoms. The van der Waals surface area contributed by atoms with E-state index < -0.39 is 5.54 Å². The predicted octanol–water partition coefficient (Wildman–Crippen LogP) is 3.76. The molecule has 0 saturated carbocycles. The number of nitrogens with one attached hydrogen (secondary N) is 1. The first-order valence-electron chi connectivity index (χ1n) is 10.1. The smallest absolute Gasteiger partial charge is 0.323 e. The van der Waals surface area contributed by atoms with Crippen molar-refractivity contribution < 1.29 is 19.0 Å². The van der Waals surface area contributed by atoms with Gasteiger partial charge in [-0.2, -0.15) is 0 Å². The molecule has 1 aromatic carbocycles. The molecule has 1 N–H and O–H groups in total. The van der Waals surface area contributed by atoms with Crippen LogP contribution in [0.3, 0.4) is 0 Å². The third-order valence-corrected chi connectivity index (χ3v) is 7.09. The van der Waals surface area contributed by atoms with Gasteiger partial charge in [0, 0.05) is 34.8 Å². The van der Waals surface area contributed by atoms with Gasteiger partial charge in [-0.15, -0.1) is 11.3 Å². The molecular formula is C22H20N4O4S. The molecule has 0 radical (unpaired) electrons. The highest BCUT2D eigenvalue weighted by Gasteiger charge is 2.51. The standard InChI is InChI=1S/C22H20N4O4S/c1-12(2)20-24-8-13(31-20)9-26-15-4-3-5-23-19(15)22(25-21(26)27)10-28-16-7-18-17(6-14(16)22)29-11-30-18/h3-8,12H,9-11H2,1-2H3,(H,25,27). The molecule has 8 nitrogen and oxygen atoms in total. The number of nitrogens with zero attached hydrogens (tertiary/aromatic N) is 3. The highest BCUT2D eigenvalue weighted by atomic mass is 32.1. The molecule has 1 atom stereocenters. The number of hydrogen-bond acceptors (Lipinski definition) is 7. The lowest BCUT2D eigenvalue weighted by molar-refractivity contribution is 0.173. The summed E-state index contributed by atoms with van der Waals surface area (Å²) in [5.74, 6) is 2.31. The van der Waals surface area contributed by atoms with Gasteiger partial charge in [0.05, 0.1) is 22.9 Å². The molecule has 9 heteroatoms. The van der Waals surface area contributed by atoms with Gasteiger partial charge in [-0.05, 0) is 18.2 Å². The fraction of sp³-hybridized carbons (Fsp3) is 0.318. The Morgan fingerprint density at radius 2 is 2.03 bits per heavy atom. The molecule has 2 aromatic heterocycles. The van der Waals surface area contributed by atoms with E-state index >= 15 is 0 Å². The normalized spacial score (nSPS) is 20.6. The van der Waals surface area contributed by atoms with Crippen LogP contribution in [-0.2, 0) is 12.1 Å². The maximum atomic E-state index is 13.4. The summed E-state index contributed by atoms with van der Waals surface area (Å²) in [5.41, 5.74) is 1.46. The predicted molar refractivity (Wildman–Crippen MR) is 114 cm³/mol.